The fraction of sp³-hybridized carbons (Fsp3) is 0.143. The Kier molecular flexibility index (Phi) is 3.46. The van der Waals surface area contributed by atoms with Crippen LogP contribution in [0.4, 0.5) is 4.39 Å². The third-order valence-electron chi connectivity index (χ3n) is 2.81. The van der Waals surface area contributed by atoms with Crippen molar-refractivity contribution in [3.8, 4) is 11.1 Å². The SMILES string of the molecule is Cc1ccc(-c2cc(F)ccc2Cl)cc1CN. The van der Waals surface area contributed by atoms with Gasteiger partial charge in [0.1, 0.15) is 5.82 Å². The summed E-state index contributed by atoms with van der Waals surface area (Å²) in [4.78, 5) is 0. The normalized spacial score (nSPS) is 10.6. The molecule has 0 aliphatic carbocycles. The molecule has 0 heterocycles. The van der Waals surface area contributed by atoms with Crippen molar-refractivity contribution >= 4 is 11.6 Å². The molecule has 0 unspecified atom stereocenters. The first-order valence-corrected chi connectivity index (χ1v) is 5.74. The number of halogens is 2. The van der Waals surface area contributed by atoms with Gasteiger partial charge in [-0.2, -0.15) is 0 Å². The molecule has 0 atom stereocenters. The molecule has 0 bridgehead atoms. The second-order valence-electron chi connectivity index (χ2n) is 3.97. The highest BCUT2D eigenvalue weighted by molar-refractivity contribution is 6.33. The van der Waals surface area contributed by atoms with Gasteiger partial charge in [0.15, 0.2) is 0 Å². The van der Waals surface area contributed by atoms with Crippen LogP contribution in [0, 0.1) is 12.7 Å². The lowest BCUT2D eigenvalue weighted by molar-refractivity contribution is 0.628. The lowest BCUT2D eigenvalue weighted by Crippen LogP contribution is -1.99. The minimum Gasteiger partial charge on any atom is -0.326 e. The highest BCUT2D eigenvalue weighted by atomic mass is 35.5. The van der Waals surface area contributed by atoms with E-state index in [0.29, 0.717) is 17.1 Å². The van der Waals surface area contributed by atoms with Crippen LogP contribution in [-0.4, -0.2) is 0 Å². The topological polar surface area (TPSA) is 26.0 Å². The average Bonchev–Trinajstić information content (AvgIpc) is 2.33. The summed E-state index contributed by atoms with van der Waals surface area (Å²) in [5.74, 6) is -0.292. The Morgan fingerprint density at radius 3 is 2.65 bits per heavy atom. The van der Waals surface area contributed by atoms with E-state index in [2.05, 4.69) is 0 Å². The summed E-state index contributed by atoms with van der Waals surface area (Å²) in [5.41, 5.74) is 9.42. The number of nitrogens with two attached hydrogens (primary N) is 1. The zero-order chi connectivity index (χ0) is 12.4. The molecule has 0 aliphatic heterocycles. The van der Waals surface area contributed by atoms with Crippen molar-refractivity contribution in [2.45, 2.75) is 13.5 Å². The second kappa shape index (κ2) is 4.86. The zero-order valence-electron chi connectivity index (χ0n) is 9.50. The molecule has 2 rings (SSSR count). The first kappa shape index (κ1) is 12.1. The Balaban J connectivity index is 2.56. The quantitative estimate of drug-likeness (QED) is 0.858. The van der Waals surface area contributed by atoms with Crippen molar-refractivity contribution in [1.82, 2.24) is 0 Å². The molecular weight excluding hydrogens is 237 g/mol. The van der Waals surface area contributed by atoms with Gasteiger partial charge < -0.3 is 5.73 Å². The Morgan fingerprint density at radius 2 is 1.94 bits per heavy atom. The van der Waals surface area contributed by atoms with Gasteiger partial charge in [0.05, 0.1) is 0 Å². The maximum Gasteiger partial charge on any atom is 0.123 e. The number of hydrogen-bond acceptors (Lipinski definition) is 1. The van der Waals surface area contributed by atoms with Gasteiger partial charge in [-0.05, 0) is 47.9 Å². The van der Waals surface area contributed by atoms with Crippen LogP contribution in [0.3, 0.4) is 0 Å². The Labute approximate surface area is 105 Å². The molecule has 0 aliphatic rings. The van der Waals surface area contributed by atoms with Crippen molar-refractivity contribution in [1.29, 1.82) is 0 Å². The molecule has 0 amide bonds. The van der Waals surface area contributed by atoms with Crippen LogP contribution in [0.1, 0.15) is 11.1 Å². The number of hydrogen-bond donors (Lipinski definition) is 1. The molecule has 17 heavy (non-hydrogen) atoms. The second-order valence-corrected chi connectivity index (χ2v) is 4.38. The molecule has 0 radical (unpaired) electrons. The monoisotopic (exact) mass is 249 g/mol. The van der Waals surface area contributed by atoms with Gasteiger partial charge >= 0.3 is 0 Å². The van der Waals surface area contributed by atoms with Crippen molar-refractivity contribution in [2.75, 3.05) is 0 Å². The summed E-state index contributed by atoms with van der Waals surface area (Å²) >= 11 is 6.07. The van der Waals surface area contributed by atoms with E-state index < -0.39 is 0 Å². The number of rotatable bonds is 2. The summed E-state index contributed by atoms with van der Waals surface area (Å²) in [6.45, 7) is 2.46. The Bertz CT molecular complexity index is 552. The molecule has 0 aromatic heterocycles. The molecule has 2 aromatic rings. The molecule has 3 heteroatoms. The average molecular weight is 250 g/mol. The van der Waals surface area contributed by atoms with Crippen LogP contribution in [0.15, 0.2) is 36.4 Å². The van der Waals surface area contributed by atoms with Gasteiger partial charge in [-0.25, -0.2) is 4.39 Å². The Hall–Kier alpha value is -1.38. The summed E-state index contributed by atoms with van der Waals surface area (Å²) in [6, 6.07) is 10.2. The third kappa shape index (κ3) is 2.48. The molecule has 0 fully saturated rings. The standard InChI is InChI=1S/C14H13ClFN/c1-9-2-3-10(6-11(9)8-17)13-7-12(16)4-5-14(13)15/h2-7H,8,17H2,1H3. The molecule has 2 N–H and O–H groups in total. The van der Waals surface area contributed by atoms with E-state index in [1.807, 2.05) is 25.1 Å². The van der Waals surface area contributed by atoms with E-state index in [0.717, 1.165) is 16.7 Å². The van der Waals surface area contributed by atoms with Gasteiger partial charge in [0.25, 0.3) is 0 Å². The predicted molar refractivity (Wildman–Crippen MR) is 69.5 cm³/mol. The van der Waals surface area contributed by atoms with Gasteiger partial charge in [0.2, 0.25) is 0 Å². The highest BCUT2D eigenvalue weighted by Crippen LogP contribution is 2.29. The van der Waals surface area contributed by atoms with Gasteiger partial charge in [0, 0.05) is 17.1 Å². The van der Waals surface area contributed by atoms with Crippen molar-refractivity contribution in [3.63, 3.8) is 0 Å². The number of benzene rings is 2. The smallest absolute Gasteiger partial charge is 0.123 e. The van der Waals surface area contributed by atoms with Crippen molar-refractivity contribution in [3.05, 3.63) is 58.4 Å². The molecule has 0 spiro atoms. The van der Waals surface area contributed by atoms with Crippen molar-refractivity contribution in [2.24, 2.45) is 5.73 Å². The summed E-state index contributed by atoms with van der Waals surface area (Å²) in [7, 11) is 0. The summed E-state index contributed by atoms with van der Waals surface area (Å²) < 4.78 is 13.2. The molecule has 0 saturated heterocycles. The molecule has 2 aromatic carbocycles. The third-order valence-corrected chi connectivity index (χ3v) is 3.14. The first-order chi connectivity index (χ1) is 8.11. The molecular formula is C14H13ClFN. The lowest BCUT2D eigenvalue weighted by Gasteiger charge is -2.09. The molecule has 1 nitrogen and oxygen atoms in total. The fourth-order valence-electron chi connectivity index (χ4n) is 1.78. The number of aryl methyl sites for hydroxylation is 1. The maximum absolute atomic E-state index is 13.2. The Morgan fingerprint density at radius 1 is 1.18 bits per heavy atom. The van der Waals surface area contributed by atoms with Crippen molar-refractivity contribution < 1.29 is 4.39 Å². The van der Waals surface area contributed by atoms with Crippen LogP contribution in [0.2, 0.25) is 5.02 Å². The van der Waals surface area contributed by atoms with Gasteiger partial charge in [-0.3, -0.25) is 0 Å². The molecule has 88 valence electrons. The molecule has 0 saturated carbocycles. The van der Waals surface area contributed by atoms with E-state index in [1.54, 1.807) is 6.07 Å². The van der Waals surface area contributed by atoms with E-state index in [-0.39, 0.29) is 5.82 Å². The maximum atomic E-state index is 13.2. The van der Waals surface area contributed by atoms with Gasteiger partial charge in [-0.15, -0.1) is 0 Å². The minimum atomic E-state index is -0.292. The predicted octanol–water partition coefficient (Wildman–Crippen LogP) is 3.91. The van der Waals surface area contributed by atoms with E-state index in [4.69, 9.17) is 17.3 Å². The van der Waals surface area contributed by atoms with Crippen LogP contribution in [0.5, 0.6) is 0 Å². The van der Waals surface area contributed by atoms with Crippen LogP contribution in [-0.2, 0) is 6.54 Å². The van der Waals surface area contributed by atoms with E-state index >= 15 is 0 Å². The summed E-state index contributed by atoms with van der Waals surface area (Å²) in [5, 5.41) is 0.540. The van der Waals surface area contributed by atoms with Crippen LogP contribution in [0.25, 0.3) is 11.1 Å². The largest absolute Gasteiger partial charge is 0.326 e. The van der Waals surface area contributed by atoms with Gasteiger partial charge in [-0.1, -0.05) is 23.7 Å². The van der Waals surface area contributed by atoms with E-state index in [9.17, 15) is 4.39 Å². The lowest BCUT2D eigenvalue weighted by atomic mass is 9.99. The minimum absolute atomic E-state index is 0.292. The fourth-order valence-corrected chi connectivity index (χ4v) is 2.00. The van der Waals surface area contributed by atoms with Crippen LogP contribution < -0.4 is 5.73 Å². The summed E-state index contributed by atoms with van der Waals surface area (Å²) in [6.07, 6.45) is 0. The zero-order valence-corrected chi connectivity index (χ0v) is 10.3. The van der Waals surface area contributed by atoms with E-state index in [1.165, 1.54) is 12.1 Å². The first-order valence-electron chi connectivity index (χ1n) is 5.37. The highest BCUT2D eigenvalue weighted by Gasteiger charge is 2.06. The van der Waals surface area contributed by atoms with Crippen LogP contribution >= 0.6 is 11.6 Å².